The average molecular weight is 462 g/mol. The molecule has 1 saturated heterocycles. The lowest BCUT2D eigenvalue weighted by atomic mass is 9.80. The van der Waals surface area contributed by atoms with Crippen LogP contribution in [0.4, 0.5) is 0 Å². The third kappa shape index (κ3) is 4.63. The van der Waals surface area contributed by atoms with Crippen LogP contribution < -0.4 is 10.6 Å². The van der Waals surface area contributed by atoms with Gasteiger partial charge in [0.2, 0.25) is 11.8 Å². The van der Waals surface area contributed by atoms with Gasteiger partial charge < -0.3 is 15.3 Å². The zero-order valence-corrected chi connectivity index (χ0v) is 19.2. The number of carbonyl (C=O) groups is 3. The van der Waals surface area contributed by atoms with E-state index in [1.54, 1.807) is 4.90 Å². The van der Waals surface area contributed by atoms with E-state index >= 15 is 0 Å². The van der Waals surface area contributed by atoms with Crippen LogP contribution in [-0.4, -0.2) is 39.8 Å². The molecule has 0 spiro atoms. The van der Waals surface area contributed by atoms with Gasteiger partial charge in [-0.2, -0.15) is 0 Å². The number of hydrogen-bond donors (Lipinski definition) is 3. The lowest BCUT2D eigenvalue weighted by Crippen LogP contribution is -2.52. The van der Waals surface area contributed by atoms with Crippen LogP contribution in [0, 0.1) is 5.92 Å². The number of nitrogens with zero attached hydrogens (tertiary/aromatic N) is 1. The van der Waals surface area contributed by atoms with Crippen molar-refractivity contribution in [1.82, 2.24) is 15.5 Å². The van der Waals surface area contributed by atoms with Gasteiger partial charge in [0.15, 0.2) is 0 Å². The van der Waals surface area contributed by atoms with Gasteiger partial charge in [-0.25, -0.2) is 0 Å². The molecular formula is C27H31N3O4. The van der Waals surface area contributed by atoms with Gasteiger partial charge in [-0.3, -0.25) is 19.7 Å². The van der Waals surface area contributed by atoms with E-state index in [9.17, 15) is 19.5 Å². The number of amides is 3. The Morgan fingerprint density at radius 2 is 1.88 bits per heavy atom. The van der Waals surface area contributed by atoms with Gasteiger partial charge in [-0.15, -0.1) is 0 Å². The predicted octanol–water partition coefficient (Wildman–Crippen LogP) is 2.83. The monoisotopic (exact) mass is 461 g/mol. The summed E-state index contributed by atoms with van der Waals surface area (Å²) in [5.41, 5.74) is 3.64. The van der Waals surface area contributed by atoms with Crippen molar-refractivity contribution < 1.29 is 19.5 Å². The maximum Gasteiger partial charge on any atom is 0.255 e. The highest BCUT2D eigenvalue weighted by molar-refractivity contribution is 6.05. The summed E-state index contributed by atoms with van der Waals surface area (Å²) in [4.78, 5) is 38.2. The van der Waals surface area contributed by atoms with Crippen molar-refractivity contribution in [3.05, 3.63) is 70.8 Å². The maximum atomic E-state index is 12.9. The summed E-state index contributed by atoms with van der Waals surface area (Å²) >= 11 is 0. The van der Waals surface area contributed by atoms with Gasteiger partial charge >= 0.3 is 0 Å². The van der Waals surface area contributed by atoms with E-state index in [0.717, 1.165) is 42.4 Å². The number of benzene rings is 2. The number of piperidine rings is 1. The summed E-state index contributed by atoms with van der Waals surface area (Å²) < 4.78 is 0. The van der Waals surface area contributed by atoms with Gasteiger partial charge in [0.05, 0.1) is 6.10 Å². The molecule has 4 atom stereocenters. The Balaban J connectivity index is 1.19. The number of rotatable bonds is 6. The topological polar surface area (TPSA) is 98.7 Å². The van der Waals surface area contributed by atoms with Crippen molar-refractivity contribution in [3.8, 4) is 0 Å². The van der Waals surface area contributed by atoms with Crippen LogP contribution in [0.1, 0.15) is 71.7 Å². The fourth-order valence-electron chi connectivity index (χ4n) is 5.62. The Kier molecular flexibility index (Phi) is 6.48. The predicted molar refractivity (Wildman–Crippen MR) is 126 cm³/mol. The molecule has 1 unspecified atom stereocenters. The molecule has 3 aliphatic rings. The van der Waals surface area contributed by atoms with Crippen LogP contribution >= 0.6 is 0 Å². The number of imide groups is 1. The third-order valence-electron chi connectivity index (χ3n) is 7.49. The number of carbonyl (C=O) groups excluding carboxylic acids is 3. The second-order valence-electron chi connectivity index (χ2n) is 9.75. The summed E-state index contributed by atoms with van der Waals surface area (Å²) in [6, 6.07) is 15.5. The van der Waals surface area contributed by atoms with Gasteiger partial charge in [0.1, 0.15) is 6.04 Å². The van der Waals surface area contributed by atoms with Crippen LogP contribution in [0.25, 0.3) is 0 Å². The first kappa shape index (κ1) is 22.7. The van der Waals surface area contributed by atoms with Gasteiger partial charge in [0, 0.05) is 31.1 Å². The van der Waals surface area contributed by atoms with E-state index in [2.05, 4.69) is 10.6 Å². The molecule has 2 aromatic rings. The SMILES string of the molecule is O=C1CCC(N2Cc3cc(CN[C@@H]4CCC[C@H]([C@@H](O)c5ccccc5)C4)ccc3C2=O)C(=O)N1. The lowest BCUT2D eigenvalue weighted by molar-refractivity contribution is -0.136. The molecule has 3 N–H and O–H groups in total. The van der Waals surface area contributed by atoms with E-state index in [-0.39, 0.29) is 30.1 Å². The number of fused-ring (bicyclic) bond motifs is 1. The van der Waals surface area contributed by atoms with Crippen LogP contribution in [0.2, 0.25) is 0 Å². The molecule has 7 nitrogen and oxygen atoms in total. The molecule has 2 heterocycles. The molecule has 34 heavy (non-hydrogen) atoms. The van der Waals surface area contributed by atoms with Crippen molar-refractivity contribution >= 4 is 17.7 Å². The smallest absolute Gasteiger partial charge is 0.255 e. The van der Waals surface area contributed by atoms with Gasteiger partial charge in [-0.05, 0) is 54.4 Å². The van der Waals surface area contributed by atoms with E-state index in [1.807, 2.05) is 48.5 Å². The van der Waals surface area contributed by atoms with Crippen LogP contribution in [0.3, 0.4) is 0 Å². The van der Waals surface area contributed by atoms with Crippen LogP contribution in [0.5, 0.6) is 0 Å². The van der Waals surface area contributed by atoms with Crippen LogP contribution in [-0.2, 0) is 22.7 Å². The Morgan fingerprint density at radius 3 is 2.68 bits per heavy atom. The number of aliphatic hydroxyl groups is 1. The van der Waals surface area contributed by atoms with E-state index < -0.39 is 12.1 Å². The molecular weight excluding hydrogens is 430 g/mol. The zero-order valence-electron chi connectivity index (χ0n) is 19.2. The third-order valence-corrected chi connectivity index (χ3v) is 7.49. The standard InChI is InChI=1S/C27H31N3O4/c31-24-12-11-23(26(33)29-24)30-16-20-13-17(9-10-22(20)27(30)34)15-28-21-8-4-7-19(14-21)25(32)18-5-2-1-3-6-18/h1-3,5-6,9-10,13,19,21,23,25,28,32H,4,7-8,11-12,14-16H2,(H,29,31,33)/t19-,21+,23?,25-/m0/s1. The second-order valence-corrected chi connectivity index (χ2v) is 9.75. The van der Waals surface area contributed by atoms with Crippen molar-refractivity contribution in [1.29, 1.82) is 0 Å². The lowest BCUT2D eigenvalue weighted by Gasteiger charge is -2.33. The minimum Gasteiger partial charge on any atom is -0.388 e. The summed E-state index contributed by atoms with van der Waals surface area (Å²) in [6.45, 7) is 1.09. The molecule has 178 valence electrons. The first-order valence-electron chi connectivity index (χ1n) is 12.2. The number of nitrogens with one attached hydrogen (secondary N) is 2. The summed E-state index contributed by atoms with van der Waals surface area (Å²) in [7, 11) is 0. The summed E-state index contributed by atoms with van der Waals surface area (Å²) in [6.07, 6.45) is 4.34. The van der Waals surface area contributed by atoms with Gasteiger partial charge in [-0.1, -0.05) is 48.9 Å². The molecule has 0 aromatic heterocycles. The molecule has 7 heteroatoms. The Labute approximate surface area is 199 Å². The first-order chi connectivity index (χ1) is 16.5. The Hall–Kier alpha value is -3.03. The van der Waals surface area contributed by atoms with E-state index in [0.29, 0.717) is 31.1 Å². The minimum atomic E-state index is -0.589. The molecule has 1 aliphatic carbocycles. The Morgan fingerprint density at radius 1 is 1.06 bits per heavy atom. The van der Waals surface area contributed by atoms with E-state index in [4.69, 9.17) is 0 Å². The zero-order chi connectivity index (χ0) is 23.7. The number of hydrogen-bond acceptors (Lipinski definition) is 5. The Bertz CT molecular complexity index is 1090. The molecule has 3 amide bonds. The molecule has 2 aromatic carbocycles. The normalized spacial score (nSPS) is 25.7. The summed E-state index contributed by atoms with van der Waals surface area (Å²) in [5.74, 6) is -0.564. The molecule has 5 rings (SSSR count). The second kappa shape index (κ2) is 9.68. The summed E-state index contributed by atoms with van der Waals surface area (Å²) in [5, 5.41) is 16.8. The highest BCUT2D eigenvalue weighted by Gasteiger charge is 2.39. The molecule has 1 saturated carbocycles. The first-order valence-corrected chi connectivity index (χ1v) is 12.2. The fraction of sp³-hybridized carbons (Fsp3) is 0.444. The average Bonchev–Trinajstić information content (AvgIpc) is 3.18. The van der Waals surface area contributed by atoms with Crippen molar-refractivity contribution in [2.24, 2.45) is 5.92 Å². The maximum absolute atomic E-state index is 12.9. The molecule has 0 bridgehead atoms. The quantitative estimate of drug-likeness (QED) is 0.575. The number of aliphatic hydroxyl groups excluding tert-OH is 1. The molecule has 2 aliphatic heterocycles. The van der Waals surface area contributed by atoms with Crippen LogP contribution in [0.15, 0.2) is 48.5 Å². The fourth-order valence-corrected chi connectivity index (χ4v) is 5.62. The van der Waals surface area contributed by atoms with Crippen molar-refractivity contribution in [2.45, 2.75) is 69.8 Å². The highest BCUT2D eigenvalue weighted by atomic mass is 16.3. The van der Waals surface area contributed by atoms with Gasteiger partial charge in [0.25, 0.3) is 5.91 Å². The van der Waals surface area contributed by atoms with E-state index in [1.165, 1.54) is 0 Å². The van der Waals surface area contributed by atoms with Crippen molar-refractivity contribution in [3.63, 3.8) is 0 Å². The molecule has 0 radical (unpaired) electrons. The molecule has 2 fully saturated rings. The van der Waals surface area contributed by atoms with Crippen molar-refractivity contribution in [2.75, 3.05) is 0 Å². The highest BCUT2D eigenvalue weighted by Crippen LogP contribution is 2.35. The minimum absolute atomic E-state index is 0.144. The largest absolute Gasteiger partial charge is 0.388 e.